The van der Waals surface area contributed by atoms with E-state index in [1.54, 1.807) is 29.2 Å². The van der Waals surface area contributed by atoms with Gasteiger partial charge in [0.1, 0.15) is 22.8 Å². The van der Waals surface area contributed by atoms with E-state index in [1.807, 2.05) is 51.1 Å². The lowest BCUT2D eigenvalue weighted by Crippen LogP contribution is -2.35. The van der Waals surface area contributed by atoms with Crippen LogP contribution in [0.3, 0.4) is 0 Å². The van der Waals surface area contributed by atoms with Crippen LogP contribution in [-0.2, 0) is 4.74 Å². The summed E-state index contributed by atoms with van der Waals surface area (Å²) >= 11 is 0. The average molecular weight is 450 g/mol. The Kier molecular flexibility index (Phi) is 6.09. The van der Waals surface area contributed by atoms with Gasteiger partial charge in [-0.05, 0) is 63.6 Å². The van der Waals surface area contributed by atoms with Crippen molar-refractivity contribution >= 4 is 12.1 Å². The fraction of sp³-hybridized carbons (Fsp3) is 0.320. The summed E-state index contributed by atoms with van der Waals surface area (Å²) in [6, 6.07) is 16.4. The fourth-order valence-corrected chi connectivity index (χ4v) is 3.61. The van der Waals surface area contributed by atoms with Crippen molar-refractivity contribution in [3.05, 3.63) is 66.2 Å². The molecule has 1 aromatic heterocycles. The summed E-state index contributed by atoms with van der Waals surface area (Å²) in [5.41, 5.74) is 0.266. The SMILES string of the molecule is CC(C)(C)OC(=O)N1CCC(c2nc(-c3ccc(Oc4ccccc4)cc3)c(C(=O)O)o2)C1. The molecule has 8 heteroatoms. The molecule has 1 aliphatic heterocycles. The molecule has 1 N–H and O–H groups in total. The number of carbonyl (C=O) groups is 2. The Morgan fingerprint density at radius 1 is 1.06 bits per heavy atom. The van der Waals surface area contributed by atoms with Gasteiger partial charge in [0.25, 0.3) is 0 Å². The lowest BCUT2D eigenvalue weighted by molar-refractivity contribution is 0.0291. The van der Waals surface area contributed by atoms with E-state index in [9.17, 15) is 14.7 Å². The van der Waals surface area contributed by atoms with Gasteiger partial charge in [-0.25, -0.2) is 14.6 Å². The number of para-hydroxylation sites is 1. The van der Waals surface area contributed by atoms with E-state index in [1.165, 1.54) is 0 Å². The van der Waals surface area contributed by atoms with Crippen LogP contribution in [0.25, 0.3) is 11.3 Å². The number of carboxylic acid groups (broad SMARTS) is 1. The predicted molar refractivity (Wildman–Crippen MR) is 121 cm³/mol. The molecule has 0 bridgehead atoms. The molecule has 172 valence electrons. The number of hydrogen-bond donors (Lipinski definition) is 1. The first-order valence-corrected chi connectivity index (χ1v) is 10.7. The molecule has 1 saturated heterocycles. The maximum Gasteiger partial charge on any atom is 0.410 e. The Bertz CT molecular complexity index is 1130. The van der Waals surface area contributed by atoms with Crippen molar-refractivity contribution in [2.75, 3.05) is 13.1 Å². The largest absolute Gasteiger partial charge is 0.475 e. The van der Waals surface area contributed by atoms with Crippen molar-refractivity contribution in [2.45, 2.75) is 38.7 Å². The lowest BCUT2D eigenvalue weighted by Gasteiger charge is -2.24. The quantitative estimate of drug-likeness (QED) is 0.543. The lowest BCUT2D eigenvalue weighted by atomic mass is 10.1. The van der Waals surface area contributed by atoms with E-state index < -0.39 is 17.7 Å². The van der Waals surface area contributed by atoms with Gasteiger partial charge in [-0.15, -0.1) is 0 Å². The molecule has 0 radical (unpaired) electrons. The number of benzene rings is 2. The van der Waals surface area contributed by atoms with Gasteiger partial charge in [0.2, 0.25) is 11.7 Å². The van der Waals surface area contributed by atoms with Gasteiger partial charge in [0.15, 0.2) is 0 Å². The molecule has 4 rings (SSSR count). The highest BCUT2D eigenvalue weighted by Crippen LogP contribution is 2.33. The Hall–Kier alpha value is -3.81. The van der Waals surface area contributed by atoms with Crippen molar-refractivity contribution in [2.24, 2.45) is 0 Å². The molecule has 0 spiro atoms. The zero-order chi connectivity index (χ0) is 23.6. The molecule has 0 saturated carbocycles. The number of aromatic nitrogens is 1. The van der Waals surface area contributed by atoms with Crippen LogP contribution in [-0.4, -0.2) is 45.7 Å². The summed E-state index contributed by atoms with van der Waals surface area (Å²) < 4.78 is 16.9. The van der Waals surface area contributed by atoms with Gasteiger partial charge in [-0.1, -0.05) is 18.2 Å². The first-order chi connectivity index (χ1) is 15.7. The third kappa shape index (κ3) is 5.34. The van der Waals surface area contributed by atoms with Crippen LogP contribution in [0.1, 0.15) is 49.6 Å². The summed E-state index contributed by atoms with van der Waals surface area (Å²) in [6.07, 6.45) is 0.214. The second-order valence-electron chi connectivity index (χ2n) is 8.89. The molecule has 1 fully saturated rings. The number of amides is 1. The number of ether oxygens (including phenoxy) is 2. The Morgan fingerprint density at radius 2 is 1.73 bits per heavy atom. The van der Waals surface area contributed by atoms with Gasteiger partial charge in [-0.2, -0.15) is 0 Å². The topological polar surface area (TPSA) is 102 Å². The first kappa shape index (κ1) is 22.4. The van der Waals surface area contributed by atoms with E-state index in [-0.39, 0.29) is 17.4 Å². The molecule has 2 aromatic carbocycles. The monoisotopic (exact) mass is 450 g/mol. The zero-order valence-corrected chi connectivity index (χ0v) is 18.8. The highest BCUT2D eigenvalue weighted by atomic mass is 16.6. The van der Waals surface area contributed by atoms with E-state index in [0.717, 1.165) is 0 Å². The van der Waals surface area contributed by atoms with Crippen molar-refractivity contribution in [3.63, 3.8) is 0 Å². The van der Waals surface area contributed by atoms with E-state index >= 15 is 0 Å². The van der Waals surface area contributed by atoms with Crippen molar-refractivity contribution in [1.29, 1.82) is 0 Å². The van der Waals surface area contributed by atoms with Crippen LogP contribution in [0.4, 0.5) is 4.79 Å². The summed E-state index contributed by atoms with van der Waals surface area (Å²) in [6.45, 7) is 6.29. The van der Waals surface area contributed by atoms with E-state index in [2.05, 4.69) is 4.98 Å². The molecule has 1 atom stereocenters. The fourth-order valence-electron chi connectivity index (χ4n) is 3.61. The molecule has 2 heterocycles. The molecule has 0 aliphatic carbocycles. The Balaban J connectivity index is 1.52. The van der Waals surface area contributed by atoms with Gasteiger partial charge in [0, 0.05) is 18.7 Å². The smallest absolute Gasteiger partial charge is 0.410 e. The summed E-state index contributed by atoms with van der Waals surface area (Å²) in [7, 11) is 0. The highest BCUT2D eigenvalue weighted by molar-refractivity contribution is 5.91. The maximum atomic E-state index is 12.3. The predicted octanol–water partition coefficient (Wildman–Crippen LogP) is 5.56. The molecule has 1 unspecified atom stereocenters. The molecular weight excluding hydrogens is 424 g/mol. The normalized spacial score (nSPS) is 16.0. The standard InChI is InChI=1S/C25H26N2O6/c1-25(2,3)33-24(30)27-14-13-17(15-27)22-26-20(21(32-22)23(28)29)16-9-11-19(12-10-16)31-18-7-5-4-6-8-18/h4-12,17H,13-15H2,1-3H3,(H,28,29). The van der Waals surface area contributed by atoms with Crippen LogP contribution in [0.15, 0.2) is 59.0 Å². The van der Waals surface area contributed by atoms with Gasteiger partial charge >= 0.3 is 12.1 Å². The molecular formula is C25H26N2O6. The minimum atomic E-state index is -1.20. The molecule has 1 amide bonds. The maximum absolute atomic E-state index is 12.3. The van der Waals surface area contributed by atoms with Gasteiger partial charge < -0.3 is 23.9 Å². The molecule has 3 aromatic rings. The van der Waals surface area contributed by atoms with Crippen molar-refractivity contribution in [1.82, 2.24) is 9.88 Å². The number of hydrogen-bond acceptors (Lipinski definition) is 6. The Morgan fingerprint density at radius 3 is 2.36 bits per heavy atom. The van der Waals surface area contributed by atoms with Crippen LogP contribution in [0.5, 0.6) is 11.5 Å². The summed E-state index contributed by atoms with van der Waals surface area (Å²) in [5.74, 6) is 0.00115. The number of likely N-dealkylation sites (tertiary alicyclic amines) is 1. The number of nitrogens with zero attached hydrogens (tertiary/aromatic N) is 2. The minimum absolute atomic E-state index is 0.204. The van der Waals surface area contributed by atoms with Crippen molar-refractivity contribution in [3.8, 4) is 22.8 Å². The Labute approximate surface area is 191 Å². The third-order valence-corrected chi connectivity index (χ3v) is 5.13. The number of carboxylic acids is 1. The van der Waals surface area contributed by atoms with E-state index in [0.29, 0.717) is 42.5 Å². The second kappa shape index (κ2) is 8.97. The zero-order valence-electron chi connectivity index (χ0n) is 18.8. The van der Waals surface area contributed by atoms with Crippen LogP contribution < -0.4 is 4.74 Å². The number of oxazole rings is 1. The van der Waals surface area contributed by atoms with Gasteiger partial charge in [-0.3, -0.25) is 0 Å². The minimum Gasteiger partial charge on any atom is -0.475 e. The molecule has 8 nitrogen and oxygen atoms in total. The van der Waals surface area contributed by atoms with E-state index in [4.69, 9.17) is 13.9 Å². The van der Waals surface area contributed by atoms with Crippen molar-refractivity contribution < 1.29 is 28.6 Å². The number of rotatable bonds is 5. The van der Waals surface area contributed by atoms with Crippen LogP contribution in [0, 0.1) is 0 Å². The van der Waals surface area contributed by atoms with Crippen LogP contribution >= 0.6 is 0 Å². The van der Waals surface area contributed by atoms with Gasteiger partial charge in [0.05, 0.1) is 5.92 Å². The average Bonchev–Trinajstić information content (AvgIpc) is 3.42. The molecule has 1 aliphatic rings. The summed E-state index contributed by atoms with van der Waals surface area (Å²) in [4.78, 5) is 30.3. The first-order valence-electron chi connectivity index (χ1n) is 10.7. The van der Waals surface area contributed by atoms with Crippen LogP contribution in [0.2, 0.25) is 0 Å². The number of carbonyl (C=O) groups excluding carboxylic acids is 1. The third-order valence-electron chi connectivity index (χ3n) is 5.13. The second-order valence-corrected chi connectivity index (χ2v) is 8.89. The molecule has 33 heavy (non-hydrogen) atoms. The highest BCUT2D eigenvalue weighted by Gasteiger charge is 2.34. The number of aromatic carboxylic acids is 1. The summed E-state index contributed by atoms with van der Waals surface area (Å²) in [5, 5.41) is 9.66.